The van der Waals surface area contributed by atoms with E-state index >= 15 is 0 Å². The second-order valence-corrected chi connectivity index (χ2v) is 4.48. The Morgan fingerprint density at radius 1 is 1.35 bits per heavy atom. The topological polar surface area (TPSA) is 78.4 Å². The summed E-state index contributed by atoms with van der Waals surface area (Å²) >= 11 is 0. The number of carboxylic acids is 1. The van der Waals surface area contributed by atoms with E-state index in [1.165, 1.54) is 6.07 Å². The van der Waals surface area contributed by atoms with E-state index in [1.807, 2.05) is 0 Å². The number of carboxylic acid groups (broad SMARTS) is 1. The molecule has 0 radical (unpaired) electrons. The molecule has 0 spiro atoms. The molecule has 1 amide bonds. The van der Waals surface area contributed by atoms with E-state index in [9.17, 15) is 9.59 Å². The van der Waals surface area contributed by atoms with Gasteiger partial charge in [-0.3, -0.25) is 4.79 Å². The van der Waals surface area contributed by atoms with Crippen LogP contribution in [0.3, 0.4) is 0 Å². The third-order valence-electron chi connectivity index (χ3n) is 3.23. The van der Waals surface area contributed by atoms with Crippen molar-refractivity contribution in [3.8, 4) is 0 Å². The highest BCUT2D eigenvalue weighted by molar-refractivity contribution is 6.09. The molecule has 5 nitrogen and oxygen atoms in total. The zero-order chi connectivity index (χ0) is 12.0. The summed E-state index contributed by atoms with van der Waals surface area (Å²) in [5, 5.41) is 14.9. The lowest BCUT2D eigenvalue weighted by molar-refractivity contribution is -0.117. The molecule has 0 bridgehead atoms. The number of carbonyl (C=O) groups is 2. The first-order valence-corrected chi connectivity index (χ1v) is 5.60. The third kappa shape index (κ3) is 1.63. The van der Waals surface area contributed by atoms with Crippen LogP contribution in [0.15, 0.2) is 18.2 Å². The van der Waals surface area contributed by atoms with E-state index in [0.29, 0.717) is 17.3 Å². The van der Waals surface area contributed by atoms with Gasteiger partial charge in [0.25, 0.3) is 0 Å². The second-order valence-electron chi connectivity index (χ2n) is 4.48. The quantitative estimate of drug-likeness (QED) is 0.722. The minimum absolute atomic E-state index is 0.123. The number of amides is 1. The SMILES string of the molecule is O=C(O)c1cccc2c1NC(=O)C(C1CC1)N2. The van der Waals surface area contributed by atoms with E-state index in [1.54, 1.807) is 12.1 Å². The molecule has 0 aromatic heterocycles. The van der Waals surface area contributed by atoms with Gasteiger partial charge in [-0.1, -0.05) is 6.07 Å². The molecule has 1 aliphatic heterocycles. The van der Waals surface area contributed by atoms with Crippen LogP contribution >= 0.6 is 0 Å². The van der Waals surface area contributed by atoms with Crippen molar-refractivity contribution in [2.75, 3.05) is 10.6 Å². The van der Waals surface area contributed by atoms with Crippen LogP contribution in [0.5, 0.6) is 0 Å². The van der Waals surface area contributed by atoms with Crippen molar-refractivity contribution in [1.29, 1.82) is 0 Å². The van der Waals surface area contributed by atoms with E-state index in [0.717, 1.165) is 12.8 Å². The molecule has 1 unspecified atom stereocenters. The van der Waals surface area contributed by atoms with E-state index in [4.69, 9.17) is 5.11 Å². The predicted molar refractivity (Wildman–Crippen MR) is 62.2 cm³/mol. The number of fused-ring (bicyclic) bond motifs is 1. The number of para-hydroxylation sites is 1. The maximum atomic E-state index is 11.8. The number of hydrogen-bond donors (Lipinski definition) is 3. The Balaban J connectivity index is 2.00. The molecule has 1 aromatic rings. The Morgan fingerprint density at radius 2 is 2.12 bits per heavy atom. The molecule has 1 aromatic carbocycles. The highest BCUT2D eigenvalue weighted by atomic mass is 16.4. The molecule has 3 rings (SSSR count). The van der Waals surface area contributed by atoms with Crippen LogP contribution in [0.2, 0.25) is 0 Å². The fourth-order valence-corrected chi connectivity index (χ4v) is 2.18. The molecule has 5 heteroatoms. The maximum absolute atomic E-state index is 11.8. The second kappa shape index (κ2) is 3.48. The summed E-state index contributed by atoms with van der Waals surface area (Å²) in [6, 6.07) is 4.74. The summed E-state index contributed by atoms with van der Waals surface area (Å²) < 4.78 is 0. The summed E-state index contributed by atoms with van der Waals surface area (Å²) in [5.74, 6) is -0.779. The van der Waals surface area contributed by atoms with Crippen molar-refractivity contribution >= 4 is 23.3 Å². The van der Waals surface area contributed by atoms with E-state index in [-0.39, 0.29) is 17.5 Å². The highest BCUT2D eigenvalue weighted by Gasteiger charge is 2.39. The Labute approximate surface area is 97.8 Å². The van der Waals surface area contributed by atoms with Gasteiger partial charge in [-0.25, -0.2) is 4.79 Å². The largest absolute Gasteiger partial charge is 0.478 e. The normalized spacial score (nSPS) is 22.4. The van der Waals surface area contributed by atoms with Gasteiger partial charge in [0.05, 0.1) is 16.9 Å². The van der Waals surface area contributed by atoms with E-state index in [2.05, 4.69) is 10.6 Å². The summed E-state index contributed by atoms with van der Waals surface area (Å²) in [7, 11) is 0. The first-order chi connectivity index (χ1) is 8.16. The van der Waals surface area contributed by atoms with Crippen LogP contribution in [0.4, 0.5) is 11.4 Å². The summed E-state index contributed by atoms with van der Waals surface area (Å²) in [6.07, 6.45) is 2.11. The number of benzene rings is 1. The molecular weight excluding hydrogens is 220 g/mol. The first kappa shape index (κ1) is 10.1. The van der Waals surface area contributed by atoms with Crippen LogP contribution in [-0.4, -0.2) is 23.0 Å². The molecule has 1 fully saturated rings. The Kier molecular flexibility index (Phi) is 2.07. The molecule has 17 heavy (non-hydrogen) atoms. The number of aromatic carboxylic acids is 1. The Bertz CT molecular complexity index is 508. The number of rotatable bonds is 2. The van der Waals surface area contributed by atoms with Gasteiger partial charge < -0.3 is 15.7 Å². The fourth-order valence-electron chi connectivity index (χ4n) is 2.18. The zero-order valence-electron chi connectivity index (χ0n) is 9.06. The van der Waals surface area contributed by atoms with Gasteiger partial charge in [-0.15, -0.1) is 0 Å². The van der Waals surface area contributed by atoms with Gasteiger partial charge in [0, 0.05) is 0 Å². The van der Waals surface area contributed by atoms with Gasteiger partial charge in [0.15, 0.2) is 0 Å². The van der Waals surface area contributed by atoms with Crippen LogP contribution in [0.25, 0.3) is 0 Å². The predicted octanol–water partition coefficient (Wildman–Crippen LogP) is 1.53. The lowest BCUT2D eigenvalue weighted by Crippen LogP contribution is -2.40. The minimum Gasteiger partial charge on any atom is -0.478 e. The lowest BCUT2D eigenvalue weighted by Gasteiger charge is -2.27. The van der Waals surface area contributed by atoms with Crippen molar-refractivity contribution in [1.82, 2.24) is 0 Å². The van der Waals surface area contributed by atoms with Crippen LogP contribution in [0.1, 0.15) is 23.2 Å². The number of carbonyl (C=O) groups excluding carboxylic acids is 1. The molecule has 1 heterocycles. The van der Waals surface area contributed by atoms with Crippen molar-refractivity contribution in [2.45, 2.75) is 18.9 Å². The van der Waals surface area contributed by atoms with Gasteiger partial charge in [-0.2, -0.15) is 0 Å². The van der Waals surface area contributed by atoms with Gasteiger partial charge in [0.2, 0.25) is 5.91 Å². The number of anilines is 2. The van der Waals surface area contributed by atoms with Gasteiger partial charge in [-0.05, 0) is 30.9 Å². The number of nitrogens with one attached hydrogen (secondary N) is 2. The molecule has 3 N–H and O–H groups in total. The van der Waals surface area contributed by atoms with Crippen molar-refractivity contribution < 1.29 is 14.7 Å². The summed E-state index contributed by atoms with van der Waals surface area (Å²) in [5.41, 5.74) is 1.20. The lowest BCUT2D eigenvalue weighted by atomic mass is 10.0. The summed E-state index contributed by atoms with van der Waals surface area (Å²) in [4.78, 5) is 22.9. The molecular formula is C12H12N2O3. The van der Waals surface area contributed by atoms with Crippen LogP contribution in [0, 0.1) is 5.92 Å². The van der Waals surface area contributed by atoms with Crippen LogP contribution in [-0.2, 0) is 4.79 Å². The summed E-state index contributed by atoms with van der Waals surface area (Å²) in [6.45, 7) is 0. The van der Waals surface area contributed by atoms with Gasteiger partial charge >= 0.3 is 5.97 Å². The van der Waals surface area contributed by atoms with Gasteiger partial charge in [0.1, 0.15) is 6.04 Å². The molecule has 1 atom stereocenters. The Morgan fingerprint density at radius 3 is 2.76 bits per heavy atom. The molecule has 1 saturated carbocycles. The molecule has 88 valence electrons. The fraction of sp³-hybridized carbons (Fsp3) is 0.333. The zero-order valence-corrected chi connectivity index (χ0v) is 9.06. The van der Waals surface area contributed by atoms with Crippen molar-refractivity contribution in [3.05, 3.63) is 23.8 Å². The minimum atomic E-state index is -1.03. The monoisotopic (exact) mass is 232 g/mol. The van der Waals surface area contributed by atoms with E-state index < -0.39 is 5.97 Å². The van der Waals surface area contributed by atoms with Crippen LogP contribution < -0.4 is 10.6 Å². The highest BCUT2D eigenvalue weighted by Crippen LogP contribution is 2.39. The standard InChI is InChI=1S/C12H12N2O3/c15-11-9(6-4-5-6)13-8-3-1-2-7(12(16)17)10(8)14-11/h1-3,6,9,13H,4-5H2,(H,14,15)(H,16,17). The average molecular weight is 232 g/mol. The molecule has 0 saturated heterocycles. The van der Waals surface area contributed by atoms with Crippen molar-refractivity contribution in [3.63, 3.8) is 0 Å². The smallest absolute Gasteiger partial charge is 0.337 e. The third-order valence-corrected chi connectivity index (χ3v) is 3.23. The molecule has 2 aliphatic rings. The molecule has 1 aliphatic carbocycles. The maximum Gasteiger partial charge on any atom is 0.337 e. The van der Waals surface area contributed by atoms with Crippen molar-refractivity contribution in [2.24, 2.45) is 5.92 Å². The average Bonchev–Trinajstić information content (AvgIpc) is 3.11. The first-order valence-electron chi connectivity index (χ1n) is 5.60. The Hall–Kier alpha value is -2.04. The number of hydrogen-bond acceptors (Lipinski definition) is 3.